The lowest BCUT2D eigenvalue weighted by atomic mass is 10.2. The molecule has 112 valence electrons. The Labute approximate surface area is 123 Å². The van der Waals surface area contributed by atoms with Crippen molar-refractivity contribution in [3.63, 3.8) is 0 Å². The molecule has 0 bridgehead atoms. The van der Waals surface area contributed by atoms with Gasteiger partial charge >= 0.3 is 0 Å². The van der Waals surface area contributed by atoms with Crippen molar-refractivity contribution < 1.29 is 13.2 Å². The van der Waals surface area contributed by atoms with Gasteiger partial charge in [-0.05, 0) is 18.9 Å². The predicted molar refractivity (Wildman–Crippen MR) is 77.0 cm³/mol. The van der Waals surface area contributed by atoms with E-state index in [1.165, 1.54) is 12.3 Å². The number of primary amides is 1. The molecule has 0 aliphatic carbocycles. The maximum atomic E-state index is 12.0. The lowest BCUT2D eigenvalue weighted by Gasteiger charge is -2.08. The van der Waals surface area contributed by atoms with Gasteiger partial charge in [-0.3, -0.25) is 4.79 Å². The van der Waals surface area contributed by atoms with E-state index in [9.17, 15) is 13.2 Å². The van der Waals surface area contributed by atoms with E-state index in [-0.39, 0.29) is 22.9 Å². The number of unbranched alkanes of at least 4 members (excludes halogenated alkanes) is 1. The topological polar surface area (TPSA) is 114 Å². The van der Waals surface area contributed by atoms with E-state index >= 15 is 0 Å². The standard InChI is InChI=1S/C11H17ClN4O3S/c1-14-11-9(12)6-8(7-15-11)20(18,19)16-5-3-2-4-10(13)17/h6-7,16H,2-5H2,1H3,(H2,13,17)(H,14,15). The normalized spacial score (nSPS) is 11.3. The van der Waals surface area contributed by atoms with Crippen molar-refractivity contribution >= 4 is 33.3 Å². The molecular weight excluding hydrogens is 304 g/mol. The molecule has 0 saturated carbocycles. The first-order chi connectivity index (χ1) is 9.36. The Morgan fingerprint density at radius 1 is 1.45 bits per heavy atom. The highest BCUT2D eigenvalue weighted by molar-refractivity contribution is 7.89. The third-order valence-electron chi connectivity index (χ3n) is 2.51. The second-order valence-corrected chi connectivity index (χ2v) is 6.25. The highest BCUT2D eigenvalue weighted by atomic mass is 35.5. The quantitative estimate of drug-likeness (QED) is 0.610. The molecular formula is C11H17ClN4O3S. The van der Waals surface area contributed by atoms with Gasteiger partial charge in [-0.2, -0.15) is 0 Å². The Hall–Kier alpha value is -1.38. The number of hydrogen-bond acceptors (Lipinski definition) is 5. The van der Waals surface area contributed by atoms with E-state index in [0.29, 0.717) is 18.7 Å². The van der Waals surface area contributed by atoms with Crippen LogP contribution in [0.1, 0.15) is 19.3 Å². The molecule has 1 rings (SSSR count). The fourth-order valence-corrected chi connectivity index (χ4v) is 2.84. The summed E-state index contributed by atoms with van der Waals surface area (Å²) in [6, 6.07) is 1.33. The first kappa shape index (κ1) is 16.7. The van der Waals surface area contributed by atoms with Gasteiger partial charge in [0.15, 0.2) is 0 Å². The minimum atomic E-state index is -3.65. The van der Waals surface area contributed by atoms with Crippen molar-refractivity contribution in [2.24, 2.45) is 5.73 Å². The molecule has 0 fully saturated rings. The molecule has 1 amide bonds. The van der Waals surface area contributed by atoms with Crippen molar-refractivity contribution in [3.05, 3.63) is 17.3 Å². The zero-order chi connectivity index (χ0) is 15.2. The Bertz CT molecular complexity index is 577. The molecule has 0 atom stereocenters. The van der Waals surface area contributed by atoms with Crippen LogP contribution in [0.3, 0.4) is 0 Å². The van der Waals surface area contributed by atoms with Crippen molar-refractivity contribution in [1.29, 1.82) is 0 Å². The first-order valence-corrected chi connectivity index (χ1v) is 7.84. The highest BCUT2D eigenvalue weighted by Gasteiger charge is 2.15. The van der Waals surface area contributed by atoms with Crippen molar-refractivity contribution in [2.75, 3.05) is 18.9 Å². The monoisotopic (exact) mass is 320 g/mol. The van der Waals surface area contributed by atoms with Crippen LogP contribution in [0.5, 0.6) is 0 Å². The zero-order valence-electron chi connectivity index (χ0n) is 11.0. The van der Waals surface area contributed by atoms with Crippen LogP contribution in [-0.4, -0.2) is 32.9 Å². The summed E-state index contributed by atoms with van der Waals surface area (Å²) in [7, 11) is -2.01. The van der Waals surface area contributed by atoms with E-state index < -0.39 is 15.9 Å². The Morgan fingerprint density at radius 2 is 2.15 bits per heavy atom. The average molecular weight is 321 g/mol. The molecule has 0 saturated heterocycles. The van der Waals surface area contributed by atoms with E-state index in [4.69, 9.17) is 17.3 Å². The molecule has 1 aromatic rings. The number of rotatable bonds is 8. The minimum Gasteiger partial charge on any atom is -0.372 e. The molecule has 9 heteroatoms. The summed E-state index contributed by atoms with van der Waals surface area (Å²) in [6.45, 7) is 0.223. The fourth-order valence-electron chi connectivity index (χ4n) is 1.47. The lowest BCUT2D eigenvalue weighted by Crippen LogP contribution is -2.25. The van der Waals surface area contributed by atoms with Gasteiger partial charge in [-0.25, -0.2) is 18.1 Å². The molecule has 0 radical (unpaired) electrons. The summed E-state index contributed by atoms with van der Waals surface area (Å²) in [4.78, 5) is 14.4. The SMILES string of the molecule is CNc1ncc(S(=O)(=O)NCCCCC(N)=O)cc1Cl. The number of nitrogens with zero attached hydrogens (tertiary/aromatic N) is 1. The smallest absolute Gasteiger partial charge is 0.242 e. The summed E-state index contributed by atoms with van der Waals surface area (Å²) in [5.74, 6) is 0.0126. The van der Waals surface area contributed by atoms with Gasteiger partial charge < -0.3 is 11.1 Å². The van der Waals surface area contributed by atoms with E-state index in [1.54, 1.807) is 7.05 Å². The number of sulfonamides is 1. The average Bonchev–Trinajstić information content (AvgIpc) is 2.37. The van der Waals surface area contributed by atoms with Crippen molar-refractivity contribution in [2.45, 2.75) is 24.2 Å². The minimum absolute atomic E-state index is 0.00333. The van der Waals surface area contributed by atoms with Crippen LogP contribution in [-0.2, 0) is 14.8 Å². The predicted octanol–water partition coefficient (Wildman–Crippen LogP) is 0.711. The van der Waals surface area contributed by atoms with Crippen LogP contribution < -0.4 is 15.8 Å². The van der Waals surface area contributed by atoms with Gasteiger partial charge in [-0.15, -0.1) is 0 Å². The third kappa shape index (κ3) is 4.95. The number of anilines is 1. The first-order valence-electron chi connectivity index (χ1n) is 5.98. The van der Waals surface area contributed by atoms with Gasteiger partial charge in [0.1, 0.15) is 10.7 Å². The largest absolute Gasteiger partial charge is 0.372 e. The Balaban J connectivity index is 2.60. The molecule has 20 heavy (non-hydrogen) atoms. The summed E-state index contributed by atoms with van der Waals surface area (Å²) >= 11 is 5.89. The van der Waals surface area contributed by atoms with Crippen LogP contribution in [0.15, 0.2) is 17.2 Å². The molecule has 4 N–H and O–H groups in total. The van der Waals surface area contributed by atoms with Crippen LogP contribution in [0, 0.1) is 0 Å². The number of amides is 1. The number of hydrogen-bond donors (Lipinski definition) is 3. The highest BCUT2D eigenvalue weighted by Crippen LogP contribution is 2.21. The number of nitrogens with one attached hydrogen (secondary N) is 2. The summed E-state index contributed by atoms with van der Waals surface area (Å²) in [6.07, 6.45) is 2.53. The fraction of sp³-hybridized carbons (Fsp3) is 0.455. The van der Waals surface area contributed by atoms with Gasteiger partial charge in [0.2, 0.25) is 15.9 Å². The molecule has 0 aromatic carbocycles. The molecule has 0 spiro atoms. The summed E-state index contributed by atoms with van der Waals surface area (Å²) in [5, 5.41) is 2.97. The maximum Gasteiger partial charge on any atom is 0.242 e. The van der Waals surface area contributed by atoms with E-state index in [2.05, 4.69) is 15.0 Å². The molecule has 0 aliphatic heterocycles. The number of pyridine rings is 1. The van der Waals surface area contributed by atoms with Gasteiger partial charge in [0.05, 0.1) is 5.02 Å². The summed E-state index contributed by atoms with van der Waals surface area (Å²) < 4.78 is 26.3. The zero-order valence-corrected chi connectivity index (χ0v) is 12.6. The number of carbonyl (C=O) groups is 1. The van der Waals surface area contributed by atoms with Crippen molar-refractivity contribution in [1.82, 2.24) is 9.71 Å². The molecule has 0 aliphatic rings. The van der Waals surface area contributed by atoms with E-state index in [1.807, 2.05) is 0 Å². The second-order valence-electron chi connectivity index (χ2n) is 4.07. The lowest BCUT2D eigenvalue weighted by molar-refractivity contribution is -0.118. The number of nitrogens with two attached hydrogens (primary N) is 1. The van der Waals surface area contributed by atoms with Crippen LogP contribution in [0.25, 0.3) is 0 Å². The van der Waals surface area contributed by atoms with Gasteiger partial charge in [-0.1, -0.05) is 11.6 Å². The van der Waals surface area contributed by atoms with Gasteiger partial charge in [0, 0.05) is 26.2 Å². The van der Waals surface area contributed by atoms with Crippen LogP contribution >= 0.6 is 11.6 Å². The number of halogens is 1. The van der Waals surface area contributed by atoms with E-state index in [0.717, 1.165) is 0 Å². The molecule has 7 nitrogen and oxygen atoms in total. The molecule has 0 unspecified atom stereocenters. The Morgan fingerprint density at radius 3 is 2.70 bits per heavy atom. The van der Waals surface area contributed by atoms with Crippen LogP contribution in [0.2, 0.25) is 5.02 Å². The summed E-state index contributed by atoms with van der Waals surface area (Å²) in [5.41, 5.74) is 4.99. The Kier molecular flexibility index (Phi) is 6.18. The van der Waals surface area contributed by atoms with Gasteiger partial charge in [0.25, 0.3) is 0 Å². The third-order valence-corrected chi connectivity index (χ3v) is 4.22. The molecule has 1 heterocycles. The van der Waals surface area contributed by atoms with Crippen molar-refractivity contribution in [3.8, 4) is 0 Å². The number of carbonyl (C=O) groups excluding carboxylic acids is 1. The number of aromatic nitrogens is 1. The second kappa shape index (κ2) is 7.41. The van der Waals surface area contributed by atoms with Crippen LogP contribution in [0.4, 0.5) is 5.82 Å². The molecule has 1 aromatic heterocycles. The maximum absolute atomic E-state index is 12.0.